The molecule has 0 unspecified atom stereocenters. The molecule has 0 aromatic heterocycles. The van der Waals surface area contributed by atoms with E-state index in [1.807, 2.05) is 37.3 Å². The van der Waals surface area contributed by atoms with Gasteiger partial charge in [-0.25, -0.2) is 0 Å². The van der Waals surface area contributed by atoms with Crippen LogP contribution in [0, 0.1) is 0 Å². The molecule has 0 aliphatic rings. The second kappa shape index (κ2) is 9.29. The van der Waals surface area contributed by atoms with Crippen molar-refractivity contribution in [2.45, 2.75) is 13.3 Å². The van der Waals surface area contributed by atoms with Crippen molar-refractivity contribution in [1.29, 1.82) is 0 Å². The van der Waals surface area contributed by atoms with Gasteiger partial charge >= 0.3 is 0 Å². The first-order valence-corrected chi connectivity index (χ1v) is 9.77. The average molecular weight is 391 g/mol. The van der Waals surface area contributed by atoms with Crippen molar-refractivity contribution in [2.24, 2.45) is 0 Å². The number of phenolic OH excluding ortho intramolecular Hbond substituents is 2. The van der Waals surface area contributed by atoms with Gasteiger partial charge in [-0.05, 0) is 71.0 Å². The van der Waals surface area contributed by atoms with Crippen molar-refractivity contribution in [3.05, 3.63) is 101 Å². The molecule has 142 valence electrons. The van der Waals surface area contributed by atoms with Gasteiger partial charge in [0.25, 0.3) is 0 Å². The molecular weight excluding hydrogens is 368 g/mol. The van der Waals surface area contributed by atoms with Gasteiger partial charge in [-0.1, -0.05) is 60.7 Å². The lowest BCUT2D eigenvalue weighted by molar-refractivity contribution is 0.475. The summed E-state index contributed by atoms with van der Waals surface area (Å²) in [5.74, 6) is 0.942. The molecule has 0 aliphatic heterocycles. The number of allylic oxidation sites excluding steroid dienone is 2. The highest BCUT2D eigenvalue weighted by Gasteiger charge is 2.14. The Balaban J connectivity index is 2.23. The third kappa shape index (κ3) is 4.65. The van der Waals surface area contributed by atoms with E-state index in [0.717, 1.165) is 33.4 Å². The molecule has 0 aliphatic carbocycles. The number of aromatic hydroxyl groups is 2. The standard InChI is InChI=1S/C25H23ClO2/c1-2-3-18-4-6-19(7-5-18)24(16-17-26)25(20-8-12-22(27)13-9-20)21-10-14-23(28)15-11-21/h2-15,27-28H,16-17H2,1H3/b3-2+. The Morgan fingerprint density at radius 1 is 0.750 bits per heavy atom. The van der Waals surface area contributed by atoms with Crippen molar-refractivity contribution < 1.29 is 10.2 Å². The zero-order chi connectivity index (χ0) is 19.9. The predicted molar refractivity (Wildman–Crippen MR) is 119 cm³/mol. The summed E-state index contributed by atoms with van der Waals surface area (Å²) < 4.78 is 0. The molecule has 3 rings (SSSR count). The summed E-state index contributed by atoms with van der Waals surface area (Å²) in [6.07, 6.45) is 4.78. The number of rotatable bonds is 6. The van der Waals surface area contributed by atoms with Crippen LogP contribution in [0.4, 0.5) is 0 Å². The molecule has 3 aromatic carbocycles. The van der Waals surface area contributed by atoms with E-state index >= 15 is 0 Å². The molecular formula is C25H23ClO2. The second-order valence-electron chi connectivity index (χ2n) is 6.51. The third-order valence-corrected chi connectivity index (χ3v) is 4.77. The van der Waals surface area contributed by atoms with Crippen molar-refractivity contribution in [3.63, 3.8) is 0 Å². The first-order chi connectivity index (χ1) is 13.6. The lowest BCUT2D eigenvalue weighted by Gasteiger charge is -2.17. The Morgan fingerprint density at radius 3 is 1.64 bits per heavy atom. The summed E-state index contributed by atoms with van der Waals surface area (Å²) in [5.41, 5.74) is 6.39. The number of halogens is 1. The number of hydrogen-bond donors (Lipinski definition) is 2. The molecule has 3 heteroatoms. The highest BCUT2D eigenvalue weighted by molar-refractivity contribution is 6.18. The molecule has 28 heavy (non-hydrogen) atoms. The van der Waals surface area contributed by atoms with Gasteiger partial charge < -0.3 is 10.2 Å². The summed E-state index contributed by atoms with van der Waals surface area (Å²) in [7, 11) is 0. The zero-order valence-corrected chi connectivity index (χ0v) is 16.5. The number of alkyl halides is 1. The van der Waals surface area contributed by atoms with Gasteiger partial charge in [0.05, 0.1) is 0 Å². The fourth-order valence-electron chi connectivity index (χ4n) is 3.27. The highest BCUT2D eigenvalue weighted by atomic mass is 35.5. The monoisotopic (exact) mass is 390 g/mol. The van der Waals surface area contributed by atoms with Crippen LogP contribution < -0.4 is 0 Å². The van der Waals surface area contributed by atoms with Gasteiger partial charge in [-0.2, -0.15) is 0 Å². The van der Waals surface area contributed by atoms with Crippen LogP contribution in [-0.2, 0) is 0 Å². The highest BCUT2D eigenvalue weighted by Crippen LogP contribution is 2.36. The molecule has 0 fully saturated rings. The van der Waals surface area contributed by atoms with Crippen LogP contribution >= 0.6 is 11.6 Å². The largest absolute Gasteiger partial charge is 0.508 e. The Bertz CT molecular complexity index is 919. The lowest BCUT2D eigenvalue weighted by Crippen LogP contribution is -1.97. The van der Waals surface area contributed by atoms with E-state index in [0.29, 0.717) is 12.3 Å². The molecule has 2 N–H and O–H groups in total. The summed E-state index contributed by atoms with van der Waals surface area (Å²) in [6.45, 7) is 2.00. The normalized spacial score (nSPS) is 10.9. The van der Waals surface area contributed by atoms with E-state index in [-0.39, 0.29) is 11.5 Å². The van der Waals surface area contributed by atoms with E-state index in [4.69, 9.17) is 11.6 Å². The van der Waals surface area contributed by atoms with Gasteiger partial charge in [-0.3, -0.25) is 0 Å². The first-order valence-electron chi connectivity index (χ1n) is 9.23. The molecule has 2 nitrogen and oxygen atoms in total. The van der Waals surface area contributed by atoms with Gasteiger partial charge in [0.1, 0.15) is 11.5 Å². The number of benzene rings is 3. The van der Waals surface area contributed by atoms with Crippen LogP contribution in [0.3, 0.4) is 0 Å². The summed E-state index contributed by atoms with van der Waals surface area (Å²) >= 11 is 6.17. The molecule has 0 heterocycles. The number of phenols is 2. The molecule has 0 radical (unpaired) electrons. The lowest BCUT2D eigenvalue weighted by atomic mass is 9.88. The summed E-state index contributed by atoms with van der Waals surface area (Å²) in [6, 6.07) is 22.7. The van der Waals surface area contributed by atoms with E-state index in [1.54, 1.807) is 24.3 Å². The van der Waals surface area contributed by atoms with Gasteiger partial charge in [0, 0.05) is 5.88 Å². The van der Waals surface area contributed by atoms with E-state index in [9.17, 15) is 10.2 Å². The second-order valence-corrected chi connectivity index (χ2v) is 6.89. The maximum atomic E-state index is 9.71. The Labute approximate surface area is 171 Å². The van der Waals surface area contributed by atoms with E-state index in [2.05, 4.69) is 30.3 Å². The maximum Gasteiger partial charge on any atom is 0.115 e. The molecule has 0 saturated carbocycles. The van der Waals surface area contributed by atoms with Crippen LogP contribution in [0.15, 0.2) is 78.9 Å². The summed E-state index contributed by atoms with van der Waals surface area (Å²) in [5, 5.41) is 19.4. The summed E-state index contributed by atoms with van der Waals surface area (Å²) in [4.78, 5) is 0. The molecule has 3 aromatic rings. The van der Waals surface area contributed by atoms with Crippen molar-refractivity contribution in [1.82, 2.24) is 0 Å². The van der Waals surface area contributed by atoms with Crippen LogP contribution in [-0.4, -0.2) is 16.1 Å². The smallest absolute Gasteiger partial charge is 0.115 e. The fourth-order valence-corrected chi connectivity index (χ4v) is 3.46. The first kappa shape index (κ1) is 19.8. The SMILES string of the molecule is C/C=C/c1ccc(C(CCCl)=C(c2ccc(O)cc2)c2ccc(O)cc2)cc1. The van der Waals surface area contributed by atoms with Crippen molar-refractivity contribution in [3.8, 4) is 11.5 Å². The maximum absolute atomic E-state index is 9.71. The minimum absolute atomic E-state index is 0.225. The Morgan fingerprint density at radius 2 is 1.21 bits per heavy atom. The minimum Gasteiger partial charge on any atom is -0.508 e. The third-order valence-electron chi connectivity index (χ3n) is 4.58. The molecule has 0 spiro atoms. The van der Waals surface area contributed by atoms with Crippen LogP contribution in [0.1, 0.15) is 35.6 Å². The Hall–Kier alpha value is -2.97. The molecule has 0 amide bonds. The van der Waals surface area contributed by atoms with Gasteiger partial charge in [0.2, 0.25) is 0 Å². The van der Waals surface area contributed by atoms with E-state index < -0.39 is 0 Å². The topological polar surface area (TPSA) is 40.5 Å². The predicted octanol–water partition coefficient (Wildman–Crippen LogP) is 6.72. The quantitative estimate of drug-likeness (QED) is 0.362. The van der Waals surface area contributed by atoms with Crippen LogP contribution in [0.5, 0.6) is 11.5 Å². The average Bonchev–Trinajstić information content (AvgIpc) is 2.71. The van der Waals surface area contributed by atoms with Gasteiger partial charge in [-0.15, -0.1) is 11.6 Å². The molecule has 0 atom stereocenters. The van der Waals surface area contributed by atoms with Gasteiger partial charge in [0.15, 0.2) is 0 Å². The Kier molecular flexibility index (Phi) is 6.57. The van der Waals surface area contributed by atoms with Crippen LogP contribution in [0.2, 0.25) is 0 Å². The zero-order valence-electron chi connectivity index (χ0n) is 15.8. The van der Waals surface area contributed by atoms with Crippen molar-refractivity contribution in [2.75, 3.05) is 5.88 Å². The molecule has 0 bridgehead atoms. The van der Waals surface area contributed by atoms with Crippen LogP contribution in [0.25, 0.3) is 17.2 Å². The number of hydrogen-bond acceptors (Lipinski definition) is 2. The van der Waals surface area contributed by atoms with E-state index in [1.165, 1.54) is 0 Å². The van der Waals surface area contributed by atoms with Crippen molar-refractivity contribution >= 4 is 28.8 Å². The minimum atomic E-state index is 0.225. The fraction of sp³-hybridized carbons (Fsp3) is 0.120. The molecule has 0 saturated heterocycles.